The maximum Gasteiger partial charge on any atom is 0.335 e. The van der Waals surface area contributed by atoms with Crippen LogP contribution in [-0.2, 0) is 43.7 Å². The van der Waals surface area contributed by atoms with Gasteiger partial charge in [0.15, 0.2) is 12.2 Å². The first-order chi connectivity index (χ1) is 20.7. The second-order valence-corrected chi connectivity index (χ2v) is 12.2. The highest BCUT2D eigenvalue weighted by molar-refractivity contribution is 7.16. The molecule has 1 fully saturated rings. The van der Waals surface area contributed by atoms with Crippen molar-refractivity contribution < 1.29 is 52.7 Å². The molecule has 2 atom stereocenters. The van der Waals surface area contributed by atoms with Crippen molar-refractivity contribution in [2.45, 2.75) is 56.6 Å². The number of methoxy groups -OCH3 is 1. The summed E-state index contributed by atoms with van der Waals surface area (Å²) in [5.74, 6) is -6.91. The number of carbonyl (C=O) groups is 2. The van der Waals surface area contributed by atoms with Crippen LogP contribution in [0.15, 0.2) is 30.5 Å². The summed E-state index contributed by atoms with van der Waals surface area (Å²) in [6.45, 7) is 3.55. The second-order valence-electron chi connectivity index (χ2n) is 10.5. The molecule has 4 N–H and O–H groups in total. The molecule has 4 heterocycles. The zero-order valence-electron chi connectivity index (χ0n) is 23.7. The fourth-order valence-corrected chi connectivity index (χ4v) is 6.63. The molecule has 0 bridgehead atoms. The number of aliphatic carboxylic acids is 2. The normalized spacial score (nSPS) is 18.6. The van der Waals surface area contributed by atoms with Gasteiger partial charge in [0, 0.05) is 54.5 Å². The molecule has 3 aromatic rings. The third kappa shape index (κ3) is 7.09. The van der Waals surface area contributed by atoms with E-state index in [1.165, 1.54) is 23.5 Å². The van der Waals surface area contributed by atoms with Gasteiger partial charge < -0.3 is 29.9 Å². The summed E-state index contributed by atoms with van der Waals surface area (Å²) in [7, 11) is 1.57. The molecular weight excluding hydrogens is 631 g/mol. The van der Waals surface area contributed by atoms with E-state index in [2.05, 4.69) is 10.00 Å². The van der Waals surface area contributed by atoms with Gasteiger partial charge in [0.25, 0.3) is 5.92 Å². The summed E-state index contributed by atoms with van der Waals surface area (Å²) in [5.41, 5.74) is 2.19. The molecule has 2 aromatic heterocycles. The summed E-state index contributed by atoms with van der Waals surface area (Å²) >= 11 is 7.30. The van der Waals surface area contributed by atoms with E-state index < -0.39 is 42.3 Å². The molecule has 240 valence electrons. The lowest BCUT2D eigenvalue weighted by molar-refractivity contribution is -0.182. The van der Waals surface area contributed by atoms with E-state index in [-0.39, 0.29) is 18.0 Å². The number of carboxylic acid groups (broad SMARTS) is 2. The molecule has 0 amide bonds. The fourth-order valence-electron chi connectivity index (χ4n) is 5.15. The minimum atomic E-state index is -3.01. The number of thiophene rings is 1. The Kier molecular flexibility index (Phi) is 10.4. The van der Waals surface area contributed by atoms with Crippen LogP contribution < -0.4 is 0 Å². The number of aromatic nitrogens is 2. The molecule has 5 rings (SSSR count). The monoisotopic (exact) mass is 661 g/mol. The SMILES string of the molecule is COCc1cccc(F)c1-n1cc(CN2CCC3(CC2)OCC(F)(F)c2cc(Cl)sc23)c(C)n1.O=C(O)[C@H](O)[C@@H](O)C(=O)O. The van der Waals surface area contributed by atoms with Gasteiger partial charge in [-0.3, -0.25) is 4.90 Å². The first-order valence-corrected chi connectivity index (χ1v) is 14.6. The van der Waals surface area contributed by atoms with Crippen molar-refractivity contribution in [2.24, 2.45) is 0 Å². The minimum Gasteiger partial charge on any atom is -0.479 e. The van der Waals surface area contributed by atoms with Crippen LogP contribution in [0.4, 0.5) is 13.2 Å². The molecule has 1 aromatic carbocycles. The van der Waals surface area contributed by atoms with Gasteiger partial charge in [-0.05, 0) is 31.9 Å². The van der Waals surface area contributed by atoms with Crippen molar-refractivity contribution in [1.29, 1.82) is 0 Å². The topological polar surface area (TPSA) is 155 Å². The van der Waals surface area contributed by atoms with Crippen molar-refractivity contribution >= 4 is 34.9 Å². The van der Waals surface area contributed by atoms with E-state index in [1.54, 1.807) is 17.9 Å². The number of piperidine rings is 1. The van der Waals surface area contributed by atoms with Crippen molar-refractivity contribution in [1.82, 2.24) is 14.7 Å². The van der Waals surface area contributed by atoms with Crippen LogP contribution in [0.25, 0.3) is 5.69 Å². The van der Waals surface area contributed by atoms with Crippen LogP contribution in [-0.4, -0.2) is 86.1 Å². The molecule has 1 spiro atoms. The number of carboxylic acids is 2. The molecule has 0 saturated carbocycles. The molecular formula is C28H31ClF3N3O8S. The molecule has 2 aliphatic rings. The lowest BCUT2D eigenvalue weighted by atomic mass is 9.84. The number of likely N-dealkylation sites (tertiary alicyclic amines) is 1. The quantitative estimate of drug-likeness (QED) is 0.281. The standard InChI is InChI=1S/C24H25ClF3N3O2S.C4H6O6/c1-15-17(12-31(29-15)21-16(13-32-2)4-3-5-19(21)26)11-30-8-6-23(7-9-30)22-18(10-20(25)34-22)24(27,28)14-33-23;5-1(3(7)8)2(6)4(9)10/h3-5,10,12H,6-9,11,13-14H2,1-2H3;1-2,5-6H,(H,7,8)(H,9,10)/t;1-,2-/m.1/s1. The molecule has 1 saturated heterocycles. The second kappa shape index (κ2) is 13.5. The third-order valence-corrected chi connectivity index (χ3v) is 8.95. The van der Waals surface area contributed by atoms with E-state index in [0.717, 1.165) is 11.3 Å². The average molecular weight is 662 g/mol. The average Bonchev–Trinajstić information content (AvgIpc) is 3.55. The lowest BCUT2D eigenvalue weighted by Gasteiger charge is -2.45. The Morgan fingerprint density at radius 2 is 1.80 bits per heavy atom. The fraction of sp³-hybridized carbons (Fsp3) is 0.464. The van der Waals surface area contributed by atoms with Gasteiger partial charge in [-0.15, -0.1) is 11.3 Å². The number of halogens is 4. The summed E-state index contributed by atoms with van der Waals surface area (Å²) in [6, 6.07) is 6.27. The van der Waals surface area contributed by atoms with E-state index in [9.17, 15) is 22.8 Å². The number of para-hydroxylation sites is 1. The van der Waals surface area contributed by atoms with Crippen molar-refractivity contribution in [2.75, 3.05) is 26.8 Å². The highest BCUT2D eigenvalue weighted by Gasteiger charge is 2.51. The van der Waals surface area contributed by atoms with Gasteiger partial charge >= 0.3 is 11.9 Å². The summed E-state index contributed by atoms with van der Waals surface area (Å²) in [4.78, 5) is 22.4. The van der Waals surface area contributed by atoms with Crippen molar-refractivity contribution in [3.63, 3.8) is 0 Å². The zero-order chi connectivity index (χ0) is 32.4. The van der Waals surface area contributed by atoms with Gasteiger partial charge in [-0.1, -0.05) is 23.7 Å². The maximum absolute atomic E-state index is 14.6. The van der Waals surface area contributed by atoms with Crippen LogP contribution in [0.3, 0.4) is 0 Å². The van der Waals surface area contributed by atoms with Crippen molar-refractivity contribution in [3.05, 3.63) is 67.9 Å². The van der Waals surface area contributed by atoms with Gasteiger partial charge in [0.05, 0.1) is 16.6 Å². The minimum absolute atomic E-state index is 0.0103. The Labute approximate surface area is 259 Å². The number of alkyl halides is 2. The van der Waals surface area contributed by atoms with Crippen LogP contribution >= 0.6 is 22.9 Å². The summed E-state index contributed by atoms with van der Waals surface area (Å²) < 4.78 is 56.3. The largest absolute Gasteiger partial charge is 0.479 e. The van der Waals surface area contributed by atoms with Gasteiger partial charge in [-0.2, -0.15) is 13.9 Å². The van der Waals surface area contributed by atoms with Crippen LogP contribution in [0.5, 0.6) is 0 Å². The molecule has 16 heteroatoms. The van der Waals surface area contributed by atoms with Gasteiger partial charge in [-0.25, -0.2) is 18.7 Å². The van der Waals surface area contributed by atoms with Crippen LogP contribution in [0.2, 0.25) is 4.34 Å². The predicted octanol–water partition coefficient (Wildman–Crippen LogP) is 3.67. The first kappa shape index (κ1) is 33.8. The number of hydrogen-bond donors (Lipinski definition) is 4. The molecule has 0 unspecified atom stereocenters. The number of benzene rings is 1. The number of rotatable bonds is 8. The smallest absolute Gasteiger partial charge is 0.335 e. The number of aryl methyl sites for hydroxylation is 1. The van der Waals surface area contributed by atoms with Gasteiger partial charge in [0.1, 0.15) is 23.7 Å². The van der Waals surface area contributed by atoms with E-state index in [4.69, 9.17) is 41.5 Å². The maximum atomic E-state index is 14.6. The molecule has 0 radical (unpaired) electrons. The number of ether oxygens (including phenoxy) is 2. The number of fused-ring (bicyclic) bond motifs is 2. The highest BCUT2D eigenvalue weighted by Crippen LogP contribution is 2.52. The van der Waals surface area contributed by atoms with Crippen LogP contribution in [0, 0.1) is 12.7 Å². The first-order valence-electron chi connectivity index (χ1n) is 13.4. The zero-order valence-corrected chi connectivity index (χ0v) is 25.2. The van der Waals surface area contributed by atoms with Crippen molar-refractivity contribution in [3.8, 4) is 5.69 Å². The number of hydrogen-bond acceptors (Lipinski definition) is 9. The molecule has 2 aliphatic heterocycles. The Hall–Kier alpha value is -3.05. The molecule has 11 nitrogen and oxygen atoms in total. The number of aliphatic hydroxyl groups excluding tert-OH is 2. The lowest BCUT2D eigenvalue weighted by Crippen LogP contribution is -2.48. The Morgan fingerprint density at radius 3 is 2.39 bits per heavy atom. The number of aliphatic hydroxyl groups is 2. The van der Waals surface area contributed by atoms with E-state index >= 15 is 0 Å². The van der Waals surface area contributed by atoms with E-state index in [0.29, 0.717) is 52.9 Å². The van der Waals surface area contributed by atoms with Crippen LogP contribution in [0.1, 0.15) is 40.1 Å². The summed E-state index contributed by atoms with van der Waals surface area (Å²) in [6.07, 6.45) is -1.47. The Balaban J connectivity index is 0.000000382. The number of nitrogens with zero attached hydrogens (tertiary/aromatic N) is 3. The third-order valence-electron chi connectivity index (χ3n) is 7.50. The highest BCUT2D eigenvalue weighted by atomic mass is 35.5. The Bertz CT molecular complexity index is 1490. The predicted molar refractivity (Wildman–Crippen MR) is 152 cm³/mol. The van der Waals surface area contributed by atoms with Gasteiger partial charge in [0.2, 0.25) is 0 Å². The Morgan fingerprint density at radius 1 is 1.16 bits per heavy atom. The molecule has 44 heavy (non-hydrogen) atoms. The van der Waals surface area contributed by atoms with E-state index in [1.807, 2.05) is 19.2 Å². The molecule has 0 aliphatic carbocycles. The summed E-state index contributed by atoms with van der Waals surface area (Å²) in [5, 5.41) is 37.1.